The number of nitriles is 3. The minimum Gasteiger partial charge on any atom is -0.444 e. The molecule has 0 radical (unpaired) electrons. The van der Waals surface area contributed by atoms with E-state index >= 15 is 0 Å². The number of nitrogens with one attached hydrogen (secondary N) is 2. The molecule has 0 saturated carbocycles. The molecule has 156 valence electrons. The topological polar surface area (TPSA) is 125 Å². The van der Waals surface area contributed by atoms with Gasteiger partial charge in [0.05, 0.1) is 0 Å². The fourth-order valence-electron chi connectivity index (χ4n) is 3.01. The number of likely N-dealkylation sites (tertiary alicyclic amines) is 1. The van der Waals surface area contributed by atoms with Gasteiger partial charge < -0.3 is 20.3 Å². The van der Waals surface area contributed by atoms with Gasteiger partial charge in [-0.2, -0.15) is 15.8 Å². The molecule has 1 heterocycles. The number of rotatable bonds is 5. The van der Waals surface area contributed by atoms with Crippen LogP contribution in [0.2, 0.25) is 0 Å². The first-order valence-corrected chi connectivity index (χ1v) is 9.79. The van der Waals surface area contributed by atoms with Crippen LogP contribution in [-0.4, -0.2) is 36.2 Å². The van der Waals surface area contributed by atoms with E-state index in [9.17, 15) is 4.79 Å². The molecule has 8 heteroatoms. The van der Waals surface area contributed by atoms with Gasteiger partial charge in [-0.15, -0.1) is 0 Å². The van der Waals surface area contributed by atoms with E-state index in [0.29, 0.717) is 24.7 Å². The monoisotopic (exact) mass is 406 g/mol. The van der Waals surface area contributed by atoms with Gasteiger partial charge in [-0.3, -0.25) is 0 Å². The van der Waals surface area contributed by atoms with E-state index < -0.39 is 5.60 Å². The zero-order valence-electron chi connectivity index (χ0n) is 17.5. The molecule has 2 rings (SSSR count). The molecule has 0 aromatic heterocycles. The fraction of sp³-hybridized carbons (Fsp3) is 0.455. The molecule has 1 amide bonds. The first-order valence-electron chi connectivity index (χ1n) is 9.79. The van der Waals surface area contributed by atoms with Gasteiger partial charge in [0.25, 0.3) is 0 Å². The van der Waals surface area contributed by atoms with Crippen molar-refractivity contribution in [1.82, 2.24) is 4.90 Å². The Bertz CT molecular complexity index is 885. The summed E-state index contributed by atoms with van der Waals surface area (Å²) >= 11 is 0. The minimum absolute atomic E-state index is 0.0718. The summed E-state index contributed by atoms with van der Waals surface area (Å²) in [6, 6.07) is 12.5. The summed E-state index contributed by atoms with van der Waals surface area (Å²) in [6.07, 6.45) is 1.57. The smallest absolute Gasteiger partial charge is 0.410 e. The standard InChI is InChI=1S/C22H26N6O2/c1-22(2,3)30-21(29)28-10-8-16(9-11-28)15-26-18-4-6-19(7-5-18)27-20(14-25)17(12-23)13-24/h4-7,16,26-27H,8-11,15H2,1-3H3. The van der Waals surface area contributed by atoms with Crippen molar-refractivity contribution in [2.45, 2.75) is 39.2 Å². The first kappa shape index (κ1) is 22.6. The lowest BCUT2D eigenvalue weighted by Crippen LogP contribution is -2.42. The second kappa shape index (κ2) is 10.2. The number of amides is 1. The Morgan fingerprint density at radius 2 is 1.63 bits per heavy atom. The van der Waals surface area contributed by atoms with E-state index in [1.807, 2.05) is 39.0 Å². The lowest BCUT2D eigenvalue weighted by atomic mass is 9.97. The maximum Gasteiger partial charge on any atom is 0.410 e. The molecule has 0 bridgehead atoms. The van der Waals surface area contributed by atoms with Gasteiger partial charge in [0.1, 0.15) is 29.5 Å². The van der Waals surface area contributed by atoms with E-state index in [0.717, 1.165) is 25.1 Å². The Labute approximate surface area is 177 Å². The predicted molar refractivity (Wildman–Crippen MR) is 113 cm³/mol. The summed E-state index contributed by atoms with van der Waals surface area (Å²) in [5.41, 5.74) is 0.740. The van der Waals surface area contributed by atoms with Crippen molar-refractivity contribution < 1.29 is 9.53 Å². The van der Waals surface area contributed by atoms with Crippen LogP contribution in [0.25, 0.3) is 0 Å². The molecule has 0 unspecified atom stereocenters. The van der Waals surface area contributed by atoms with Crippen molar-refractivity contribution in [2.24, 2.45) is 5.92 Å². The number of hydrogen-bond acceptors (Lipinski definition) is 7. The first-order chi connectivity index (χ1) is 14.3. The normalized spacial score (nSPS) is 13.9. The number of anilines is 2. The zero-order valence-corrected chi connectivity index (χ0v) is 17.5. The van der Waals surface area contributed by atoms with Crippen molar-refractivity contribution >= 4 is 17.5 Å². The molecule has 1 aliphatic rings. The molecule has 1 aromatic carbocycles. The van der Waals surface area contributed by atoms with Crippen LogP contribution < -0.4 is 10.6 Å². The van der Waals surface area contributed by atoms with Gasteiger partial charge in [-0.1, -0.05) is 0 Å². The van der Waals surface area contributed by atoms with Crippen LogP contribution in [0.3, 0.4) is 0 Å². The van der Waals surface area contributed by atoms with Crippen LogP contribution in [-0.2, 0) is 4.74 Å². The third-order valence-electron chi connectivity index (χ3n) is 4.60. The van der Waals surface area contributed by atoms with Crippen molar-refractivity contribution in [3.05, 3.63) is 35.5 Å². The molecular formula is C22H26N6O2. The number of ether oxygens (including phenoxy) is 1. The van der Waals surface area contributed by atoms with Crippen molar-refractivity contribution in [1.29, 1.82) is 15.8 Å². The van der Waals surface area contributed by atoms with Gasteiger partial charge in [0.2, 0.25) is 0 Å². The number of carbonyl (C=O) groups is 1. The fourth-order valence-corrected chi connectivity index (χ4v) is 3.01. The van der Waals surface area contributed by atoms with E-state index in [1.54, 1.807) is 29.2 Å². The average molecular weight is 406 g/mol. The van der Waals surface area contributed by atoms with Gasteiger partial charge >= 0.3 is 6.09 Å². The van der Waals surface area contributed by atoms with Crippen LogP contribution in [0.5, 0.6) is 0 Å². The maximum atomic E-state index is 12.1. The van der Waals surface area contributed by atoms with Gasteiger partial charge in [0, 0.05) is 31.0 Å². The predicted octanol–water partition coefficient (Wildman–Crippen LogP) is 3.98. The molecule has 30 heavy (non-hydrogen) atoms. The zero-order chi connectivity index (χ0) is 22.1. The summed E-state index contributed by atoms with van der Waals surface area (Å²) in [6.45, 7) is 7.77. The van der Waals surface area contributed by atoms with Crippen LogP contribution >= 0.6 is 0 Å². The Morgan fingerprint density at radius 3 is 2.13 bits per heavy atom. The highest BCUT2D eigenvalue weighted by Gasteiger charge is 2.26. The quantitative estimate of drug-likeness (QED) is 0.708. The van der Waals surface area contributed by atoms with Crippen LogP contribution in [0, 0.1) is 39.9 Å². The SMILES string of the molecule is CC(C)(C)OC(=O)N1CCC(CNc2ccc(NC(C#N)=C(C#N)C#N)cc2)CC1. The maximum absolute atomic E-state index is 12.1. The number of allylic oxidation sites excluding steroid dienone is 2. The molecule has 8 nitrogen and oxygen atoms in total. The van der Waals surface area contributed by atoms with E-state index in [2.05, 4.69) is 10.6 Å². The number of nitrogens with zero attached hydrogens (tertiary/aromatic N) is 4. The second-order valence-electron chi connectivity index (χ2n) is 8.08. The lowest BCUT2D eigenvalue weighted by molar-refractivity contribution is 0.0188. The van der Waals surface area contributed by atoms with Gasteiger partial charge in [-0.05, 0) is 63.8 Å². The molecule has 1 aliphatic heterocycles. The Kier molecular flexibility index (Phi) is 7.67. The molecular weight excluding hydrogens is 380 g/mol. The Morgan fingerprint density at radius 1 is 1.07 bits per heavy atom. The lowest BCUT2D eigenvalue weighted by Gasteiger charge is -2.33. The number of carbonyl (C=O) groups excluding carboxylic acids is 1. The van der Waals surface area contributed by atoms with E-state index in [1.165, 1.54) is 0 Å². The molecule has 1 fully saturated rings. The van der Waals surface area contributed by atoms with E-state index in [-0.39, 0.29) is 17.4 Å². The summed E-state index contributed by atoms with van der Waals surface area (Å²) in [5, 5.41) is 33.0. The number of hydrogen-bond donors (Lipinski definition) is 2. The highest BCUT2D eigenvalue weighted by atomic mass is 16.6. The third kappa shape index (κ3) is 6.72. The molecule has 1 aromatic rings. The summed E-state index contributed by atoms with van der Waals surface area (Å²) in [5.74, 6) is 0.462. The molecule has 0 aliphatic carbocycles. The third-order valence-corrected chi connectivity index (χ3v) is 4.60. The van der Waals surface area contributed by atoms with Gasteiger partial charge in [0.15, 0.2) is 5.57 Å². The molecule has 2 N–H and O–H groups in total. The Balaban J connectivity index is 1.82. The average Bonchev–Trinajstić information content (AvgIpc) is 2.72. The highest BCUT2D eigenvalue weighted by molar-refractivity contribution is 5.68. The number of piperidine rings is 1. The van der Waals surface area contributed by atoms with Crippen molar-refractivity contribution in [2.75, 3.05) is 30.3 Å². The Hall–Kier alpha value is -3.70. The highest BCUT2D eigenvalue weighted by Crippen LogP contribution is 2.21. The van der Waals surface area contributed by atoms with Crippen LogP contribution in [0.4, 0.5) is 16.2 Å². The van der Waals surface area contributed by atoms with Gasteiger partial charge in [-0.25, -0.2) is 4.79 Å². The second-order valence-corrected chi connectivity index (χ2v) is 8.08. The number of benzene rings is 1. The minimum atomic E-state index is -0.481. The molecule has 0 atom stereocenters. The van der Waals surface area contributed by atoms with E-state index in [4.69, 9.17) is 20.5 Å². The van der Waals surface area contributed by atoms with Crippen LogP contribution in [0.15, 0.2) is 35.5 Å². The largest absolute Gasteiger partial charge is 0.444 e. The summed E-state index contributed by atoms with van der Waals surface area (Å²) in [7, 11) is 0. The summed E-state index contributed by atoms with van der Waals surface area (Å²) in [4.78, 5) is 13.9. The summed E-state index contributed by atoms with van der Waals surface area (Å²) < 4.78 is 5.42. The molecule has 1 saturated heterocycles. The van der Waals surface area contributed by atoms with Crippen molar-refractivity contribution in [3.63, 3.8) is 0 Å². The van der Waals surface area contributed by atoms with Crippen molar-refractivity contribution in [3.8, 4) is 18.2 Å². The molecule has 0 spiro atoms. The van der Waals surface area contributed by atoms with Crippen LogP contribution in [0.1, 0.15) is 33.6 Å².